The van der Waals surface area contributed by atoms with Crippen LogP contribution in [0.5, 0.6) is 5.88 Å². The summed E-state index contributed by atoms with van der Waals surface area (Å²) in [4.78, 5) is 26.2. The normalized spacial score (nSPS) is 9.44. The summed E-state index contributed by atoms with van der Waals surface area (Å²) < 4.78 is 9.45. The van der Waals surface area contributed by atoms with Gasteiger partial charge < -0.3 is 14.8 Å². The van der Waals surface area contributed by atoms with Crippen molar-refractivity contribution in [3.63, 3.8) is 0 Å². The zero-order valence-electron chi connectivity index (χ0n) is 9.23. The number of methoxy groups -OCH3 is 2. The number of rotatable bonds is 3. The quantitative estimate of drug-likeness (QED) is 0.769. The third-order valence-corrected chi connectivity index (χ3v) is 1.78. The Morgan fingerprint density at radius 1 is 1.31 bits per heavy atom. The fourth-order valence-electron chi connectivity index (χ4n) is 1.09. The van der Waals surface area contributed by atoms with Crippen molar-refractivity contribution in [3.8, 4) is 5.88 Å². The topological polar surface area (TPSA) is 77.5 Å². The molecule has 0 radical (unpaired) electrons. The first-order valence-corrected chi connectivity index (χ1v) is 4.49. The average molecular weight is 224 g/mol. The average Bonchev–Trinajstić information content (AvgIpc) is 2.27. The number of hydrogen-bond donors (Lipinski definition) is 1. The summed E-state index contributed by atoms with van der Waals surface area (Å²) in [6, 6.07) is 2.99. The Bertz CT molecular complexity index is 417. The van der Waals surface area contributed by atoms with Crippen LogP contribution >= 0.6 is 0 Å². The number of nitrogens with zero attached hydrogens (tertiary/aromatic N) is 1. The smallest absolute Gasteiger partial charge is 0.341 e. The van der Waals surface area contributed by atoms with Crippen molar-refractivity contribution in [2.75, 3.05) is 19.5 Å². The number of hydrogen-bond acceptors (Lipinski definition) is 5. The van der Waals surface area contributed by atoms with Crippen molar-refractivity contribution < 1.29 is 19.1 Å². The van der Waals surface area contributed by atoms with Crippen LogP contribution in [0.1, 0.15) is 17.3 Å². The Hall–Kier alpha value is -2.11. The number of aromatic nitrogens is 1. The summed E-state index contributed by atoms with van der Waals surface area (Å²) in [6.07, 6.45) is 0. The monoisotopic (exact) mass is 224 g/mol. The highest BCUT2D eigenvalue weighted by Crippen LogP contribution is 2.18. The van der Waals surface area contributed by atoms with Crippen LogP contribution in [0.15, 0.2) is 12.1 Å². The van der Waals surface area contributed by atoms with Crippen LogP contribution in [0.25, 0.3) is 0 Å². The molecule has 1 aromatic rings. The number of nitrogens with one attached hydrogen (secondary N) is 1. The second-order valence-corrected chi connectivity index (χ2v) is 2.92. The summed E-state index contributed by atoms with van der Waals surface area (Å²) in [7, 11) is 2.70. The molecule has 1 aromatic heterocycles. The summed E-state index contributed by atoms with van der Waals surface area (Å²) in [5.74, 6) is -0.472. The highest BCUT2D eigenvalue weighted by molar-refractivity contribution is 5.99. The lowest BCUT2D eigenvalue weighted by Crippen LogP contribution is -2.13. The molecule has 16 heavy (non-hydrogen) atoms. The maximum Gasteiger partial charge on any atom is 0.341 e. The number of pyridine rings is 1. The second-order valence-electron chi connectivity index (χ2n) is 2.92. The van der Waals surface area contributed by atoms with Gasteiger partial charge in [-0.2, -0.15) is 4.98 Å². The van der Waals surface area contributed by atoms with E-state index in [9.17, 15) is 9.59 Å². The van der Waals surface area contributed by atoms with Crippen molar-refractivity contribution in [1.82, 2.24) is 4.98 Å². The third-order valence-electron chi connectivity index (χ3n) is 1.78. The molecule has 0 aliphatic rings. The lowest BCUT2D eigenvalue weighted by atomic mass is 10.2. The van der Waals surface area contributed by atoms with Crippen molar-refractivity contribution >= 4 is 17.7 Å². The van der Waals surface area contributed by atoms with Crippen LogP contribution in [0.2, 0.25) is 0 Å². The van der Waals surface area contributed by atoms with Gasteiger partial charge >= 0.3 is 5.97 Å². The van der Waals surface area contributed by atoms with Gasteiger partial charge in [0, 0.05) is 13.0 Å². The maximum absolute atomic E-state index is 11.4. The van der Waals surface area contributed by atoms with Crippen molar-refractivity contribution in [2.24, 2.45) is 0 Å². The SMILES string of the molecule is COC(=O)c1ccc(OC)nc1NC(C)=O. The first kappa shape index (κ1) is 12.0. The van der Waals surface area contributed by atoms with Crippen molar-refractivity contribution in [3.05, 3.63) is 17.7 Å². The second kappa shape index (κ2) is 5.11. The predicted molar refractivity (Wildman–Crippen MR) is 56.4 cm³/mol. The summed E-state index contributed by atoms with van der Waals surface area (Å²) in [5.41, 5.74) is 0.179. The summed E-state index contributed by atoms with van der Waals surface area (Å²) in [5, 5.41) is 2.43. The van der Waals surface area contributed by atoms with E-state index in [1.807, 2.05) is 0 Å². The molecule has 0 saturated carbocycles. The first-order valence-electron chi connectivity index (χ1n) is 4.49. The largest absolute Gasteiger partial charge is 0.481 e. The van der Waals surface area contributed by atoms with E-state index in [4.69, 9.17) is 4.74 Å². The highest BCUT2D eigenvalue weighted by Gasteiger charge is 2.15. The van der Waals surface area contributed by atoms with E-state index in [0.29, 0.717) is 5.88 Å². The molecular formula is C10H12N2O4. The van der Waals surface area contributed by atoms with Gasteiger partial charge in [-0.3, -0.25) is 4.79 Å². The van der Waals surface area contributed by atoms with Crippen LogP contribution in [-0.4, -0.2) is 31.1 Å². The van der Waals surface area contributed by atoms with E-state index < -0.39 is 5.97 Å². The van der Waals surface area contributed by atoms with Gasteiger partial charge in [-0.25, -0.2) is 4.79 Å². The van der Waals surface area contributed by atoms with Crippen LogP contribution < -0.4 is 10.1 Å². The van der Waals surface area contributed by atoms with Gasteiger partial charge in [0.05, 0.1) is 14.2 Å². The van der Waals surface area contributed by atoms with Gasteiger partial charge in [-0.1, -0.05) is 0 Å². The van der Waals surface area contributed by atoms with Crippen LogP contribution in [0.3, 0.4) is 0 Å². The molecule has 0 spiro atoms. The molecule has 1 rings (SSSR count). The molecule has 86 valence electrons. The fraction of sp³-hybridized carbons (Fsp3) is 0.300. The molecule has 0 aromatic carbocycles. The van der Waals surface area contributed by atoms with Crippen LogP contribution in [0.4, 0.5) is 5.82 Å². The molecule has 1 N–H and O–H groups in total. The van der Waals surface area contributed by atoms with E-state index in [0.717, 1.165) is 0 Å². The van der Waals surface area contributed by atoms with E-state index in [-0.39, 0.29) is 17.3 Å². The van der Waals surface area contributed by atoms with E-state index in [2.05, 4.69) is 15.0 Å². The first-order chi connectivity index (χ1) is 7.58. The summed E-state index contributed by atoms with van der Waals surface area (Å²) in [6.45, 7) is 1.32. The number of amides is 1. The van der Waals surface area contributed by atoms with Gasteiger partial charge in [0.15, 0.2) is 5.82 Å². The lowest BCUT2D eigenvalue weighted by molar-refractivity contribution is -0.114. The zero-order chi connectivity index (χ0) is 12.1. The minimum Gasteiger partial charge on any atom is -0.481 e. The Kier molecular flexibility index (Phi) is 3.82. The molecule has 6 nitrogen and oxygen atoms in total. The number of carbonyl (C=O) groups is 2. The predicted octanol–water partition coefficient (Wildman–Crippen LogP) is 0.835. The minimum absolute atomic E-state index is 0.124. The number of ether oxygens (including phenoxy) is 2. The van der Waals surface area contributed by atoms with Gasteiger partial charge in [0.2, 0.25) is 11.8 Å². The summed E-state index contributed by atoms with van der Waals surface area (Å²) >= 11 is 0. The van der Waals surface area contributed by atoms with E-state index in [1.165, 1.54) is 33.3 Å². The molecule has 0 unspecified atom stereocenters. The van der Waals surface area contributed by atoms with Crippen LogP contribution in [-0.2, 0) is 9.53 Å². The molecule has 6 heteroatoms. The van der Waals surface area contributed by atoms with Gasteiger partial charge in [-0.05, 0) is 6.07 Å². The standard InChI is InChI=1S/C10H12N2O4/c1-6(13)11-9-7(10(14)16-3)4-5-8(12-9)15-2/h4-5H,1-3H3,(H,11,12,13). The molecular weight excluding hydrogens is 212 g/mol. The lowest BCUT2D eigenvalue weighted by Gasteiger charge is -2.08. The molecule has 1 amide bonds. The van der Waals surface area contributed by atoms with Crippen molar-refractivity contribution in [2.45, 2.75) is 6.92 Å². The Balaban J connectivity index is 3.15. The Labute approximate surface area is 92.6 Å². The maximum atomic E-state index is 11.4. The number of anilines is 1. The van der Waals surface area contributed by atoms with E-state index in [1.54, 1.807) is 0 Å². The minimum atomic E-state index is -0.570. The molecule has 0 atom stereocenters. The highest BCUT2D eigenvalue weighted by atomic mass is 16.5. The number of carbonyl (C=O) groups excluding carboxylic acids is 2. The molecule has 0 aliphatic carbocycles. The van der Waals surface area contributed by atoms with Crippen LogP contribution in [0, 0.1) is 0 Å². The fourth-order valence-corrected chi connectivity index (χ4v) is 1.09. The van der Waals surface area contributed by atoms with E-state index >= 15 is 0 Å². The Morgan fingerprint density at radius 3 is 2.50 bits per heavy atom. The van der Waals surface area contributed by atoms with Gasteiger partial charge in [0.25, 0.3) is 0 Å². The molecule has 0 saturated heterocycles. The van der Waals surface area contributed by atoms with Gasteiger partial charge in [0.1, 0.15) is 5.56 Å². The molecule has 0 fully saturated rings. The number of esters is 1. The molecule has 0 aliphatic heterocycles. The van der Waals surface area contributed by atoms with Gasteiger partial charge in [-0.15, -0.1) is 0 Å². The molecule has 1 heterocycles. The Morgan fingerprint density at radius 2 is 2.00 bits per heavy atom. The molecule has 0 bridgehead atoms. The third kappa shape index (κ3) is 2.69. The van der Waals surface area contributed by atoms with Crippen molar-refractivity contribution in [1.29, 1.82) is 0 Å². The zero-order valence-corrected chi connectivity index (χ0v) is 9.23.